The molecule has 2 heterocycles. The number of piperidine rings is 1. The van der Waals surface area contributed by atoms with Crippen LogP contribution in [0.1, 0.15) is 18.4 Å². The SMILES string of the molecule is COCC1CCN(c2cc(C)cc(Nc3ncn(-c4ccccc4)n3)c2)CC1. The van der Waals surface area contributed by atoms with E-state index in [0.717, 1.165) is 31.1 Å². The van der Waals surface area contributed by atoms with E-state index in [-0.39, 0.29) is 0 Å². The molecule has 146 valence electrons. The van der Waals surface area contributed by atoms with Crippen LogP contribution in [-0.4, -0.2) is 41.6 Å². The predicted molar refractivity (Wildman–Crippen MR) is 113 cm³/mol. The van der Waals surface area contributed by atoms with E-state index in [1.54, 1.807) is 18.1 Å². The van der Waals surface area contributed by atoms with Crippen LogP contribution in [0.25, 0.3) is 5.69 Å². The van der Waals surface area contributed by atoms with E-state index in [2.05, 4.69) is 45.4 Å². The zero-order valence-electron chi connectivity index (χ0n) is 16.5. The molecule has 1 fully saturated rings. The summed E-state index contributed by atoms with van der Waals surface area (Å²) in [6.45, 7) is 5.13. The van der Waals surface area contributed by atoms with Gasteiger partial charge < -0.3 is 15.0 Å². The number of hydrogen-bond donors (Lipinski definition) is 1. The molecule has 6 nitrogen and oxygen atoms in total. The highest BCUT2D eigenvalue weighted by molar-refractivity contribution is 5.64. The fourth-order valence-electron chi connectivity index (χ4n) is 3.77. The fraction of sp³-hybridized carbons (Fsp3) is 0.364. The van der Waals surface area contributed by atoms with Crippen LogP contribution in [0.3, 0.4) is 0 Å². The lowest BCUT2D eigenvalue weighted by Crippen LogP contribution is -2.35. The summed E-state index contributed by atoms with van der Waals surface area (Å²) in [7, 11) is 1.79. The minimum Gasteiger partial charge on any atom is -0.384 e. The normalized spacial score (nSPS) is 15.0. The lowest BCUT2D eigenvalue weighted by atomic mass is 9.97. The van der Waals surface area contributed by atoms with E-state index in [0.29, 0.717) is 11.9 Å². The summed E-state index contributed by atoms with van der Waals surface area (Å²) < 4.78 is 7.09. The summed E-state index contributed by atoms with van der Waals surface area (Å²) in [5, 5.41) is 7.90. The van der Waals surface area contributed by atoms with Crippen molar-refractivity contribution in [2.75, 3.05) is 37.0 Å². The molecule has 0 amide bonds. The molecule has 1 aromatic heterocycles. The third-order valence-electron chi connectivity index (χ3n) is 5.21. The summed E-state index contributed by atoms with van der Waals surface area (Å²) in [6.07, 6.45) is 4.08. The van der Waals surface area contributed by atoms with Crippen LogP contribution in [0.4, 0.5) is 17.3 Å². The number of aromatic nitrogens is 3. The molecule has 3 aromatic rings. The first-order valence-corrected chi connectivity index (χ1v) is 9.81. The van der Waals surface area contributed by atoms with Crippen molar-refractivity contribution in [2.24, 2.45) is 5.92 Å². The quantitative estimate of drug-likeness (QED) is 0.698. The minimum atomic E-state index is 0.596. The van der Waals surface area contributed by atoms with Gasteiger partial charge in [0.05, 0.1) is 5.69 Å². The summed E-state index contributed by atoms with van der Waals surface area (Å²) in [6, 6.07) is 16.6. The molecule has 4 rings (SSSR count). The van der Waals surface area contributed by atoms with Gasteiger partial charge in [-0.3, -0.25) is 0 Å². The van der Waals surface area contributed by atoms with Crippen molar-refractivity contribution in [3.05, 3.63) is 60.4 Å². The van der Waals surface area contributed by atoms with Crippen molar-refractivity contribution in [3.8, 4) is 5.69 Å². The second-order valence-electron chi connectivity index (χ2n) is 7.42. The van der Waals surface area contributed by atoms with Crippen LogP contribution in [0, 0.1) is 12.8 Å². The lowest BCUT2D eigenvalue weighted by molar-refractivity contribution is 0.139. The Kier molecular flexibility index (Phi) is 5.58. The first-order valence-electron chi connectivity index (χ1n) is 9.81. The van der Waals surface area contributed by atoms with E-state index < -0.39 is 0 Å². The molecule has 1 aliphatic rings. The number of anilines is 3. The molecule has 1 saturated heterocycles. The first-order chi connectivity index (χ1) is 13.7. The molecule has 1 aliphatic heterocycles. The molecular formula is C22H27N5O. The van der Waals surface area contributed by atoms with Crippen molar-refractivity contribution < 1.29 is 4.74 Å². The number of methoxy groups -OCH3 is 1. The molecule has 0 spiro atoms. The third kappa shape index (κ3) is 4.34. The molecule has 0 unspecified atom stereocenters. The molecule has 0 atom stereocenters. The minimum absolute atomic E-state index is 0.596. The third-order valence-corrected chi connectivity index (χ3v) is 5.21. The van der Waals surface area contributed by atoms with Gasteiger partial charge >= 0.3 is 0 Å². The maximum atomic E-state index is 5.32. The number of hydrogen-bond acceptors (Lipinski definition) is 5. The zero-order valence-corrected chi connectivity index (χ0v) is 16.5. The molecule has 0 saturated carbocycles. The second-order valence-corrected chi connectivity index (χ2v) is 7.42. The van der Waals surface area contributed by atoms with Gasteiger partial charge in [0.1, 0.15) is 6.33 Å². The van der Waals surface area contributed by atoms with E-state index in [1.165, 1.54) is 24.1 Å². The molecular weight excluding hydrogens is 350 g/mol. The fourth-order valence-corrected chi connectivity index (χ4v) is 3.77. The van der Waals surface area contributed by atoms with Crippen molar-refractivity contribution in [3.63, 3.8) is 0 Å². The molecule has 6 heteroatoms. The summed E-state index contributed by atoms with van der Waals surface area (Å²) in [5.74, 6) is 1.27. The Hall–Kier alpha value is -2.86. The molecule has 0 bridgehead atoms. The van der Waals surface area contributed by atoms with Crippen LogP contribution in [0.5, 0.6) is 0 Å². The Morgan fingerprint density at radius 3 is 2.61 bits per heavy atom. The Morgan fingerprint density at radius 2 is 1.86 bits per heavy atom. The van der Waals surface area contributed by atoms with Crippen LogP contribution in [0.2, 0.25) is 0 Å². The van der Waals surface area contributed by atoms with Gasteiger partial charge in [-0.25, -0.2) is 4.68 Å². The number of para-hydroxylation sites is 1. The Balaban J connectivity index is 1.47. The first kappa shape index (κ1) is 18.5. The molecule has 28 heavy (non-hydrogen) atoms. The Labute approximate surface area is 166 Å². The topological polar surface area (TPSA) is 55.2 Å². The number of nitrogens with zero attached hydrogens (tertiary/aromatic N) is 4. The highest BCUT2D eigenvalue weighted by Crippen LogP contribution is 2.28. The Morgan fingerprint density at radius 1 is 1.07 bits per heavy atom. The maximum Gasteiger partial charge on any atom is 0.246 e. The summed E-state index contributed by atoms with van der Waals surface area (Å²) >= 11 is 0. The second kappa shape index (κ2) is 8.44. The van der Waals surface area contributed by atoms with Gasteiger partial charge in [0.15, 0.2) is 0 Å². The highest BCUT2D eigenvalue weighted by Gasteiger charge is 2.19. The van der Waals surface area contributed by atoms with Gasteiger partial charge in [-0.15, -0.1) is 5.10 Å². The molecule has 1 N–H and O–H groups in total. The van der Waals surface area contributed by atoms with Gasteiger partial charge in [0, 0.05) is 38.2 Å². The van der Waals surface area contributed by atoms with E-state index in [9.17, 15) is 0 Å². The van der Waals surface area contributed by atoms with Crippen LogP contribution < -0.4 is 10.2 Å². The molecule has 0 radical (unpaired) electrons. The van der Waals surface area contributed by atoms with Gasteiger partial charge in [-0.2, -0.15) is 4.98 Å². The standard InChI is InChI=1S/C22H27N5O/c1-17-12-19(14-21(13-17)26-10-8-18(9-11-26)15-28-2)24-22-23-16-27(25-22)20-6-4-3-5-7-20/h3-7,12-14,16,18H,8-11,15H2,1-2H3,(H,24,25). The average Bonchev–Trinajstić information content (AvgIpc) is 3.17. The van der Waals surface area contributed by atoms with Crippen molar-refractivity contribution in [2.45, 2.75) is 19.8 Å². The smallest absolute Gasteiger partial charge is 0.246 e. The Bertz CT molecular complexity index is 900. The summed E-state index contributed by atoms with van der Waals surface area (Å²) in [4.78, 5) is 6.86. The van der Waals surface area contributed by atoms with Crippen molar-refractivity contribution in [1.82, 2.24) is 14.8 Å². The largest absolute Gasteiger partial charge is 0.384 e. The zero-order chi connectivity index (χ0) is 19.3. The average molecular weight is 377 g/mol. The van der Waals surface area contributed by atoms with E-state index in [1.807, 2.05) is 30.3 Å². The maximum absolute atomic E-state index is 5.32. The predicted octanol–water partition coefficient (Wildman–Crippen LogP) is 4.18. The highest BCUT2D eigenvalue weighted by atomic mass is 16.5. The van der Waals surface area contributed by atoms with Gasteiger partial charge in [0.2, 0.25) is 5.95 Å². The van der Waals surface area contributed by atoms with Crippen LogP contribution >= 0.6 is 0 Å². The van der Waals surface area contributed by atoms with Gasteiger partial charge in [-0.05, 0) is 61.6 Å². The van der Waals surface area contributed by atoms with E-state index in [4.69, 9.17) is 4.74 Å². The van der Waals surface area contributed by atoms with Crippen LogP contribution in [0.15, 0.2) is 54.9 Å². The van der Waals surface area contributed by atoms with Gasteiger partial charge in [-0.1, -0.05) is 18.2 Å². The van der Waals surface area contributed by atoms with Crippen molar-refractivity contribution >= 4 is 17.3 Å². The molecule has 2 aromatic carbocycles. The van der Waals surface area contributed by atoms with Crippen LogP contribution in [-0.2, 0) is 4.74 Å². The monoisotopic (exact) mass is 377 g/mol. The number of benzene rings is 2. The lowest BCUT2D eigenvalue weighted by Gasteiger charge is -2.33. The summed E-state index contributed by atoms with van der Waals surface area (Å²) in [5.41, 5.74) is 4.48. The molecule has 0 aliphatic carbocycles. The van der Waals surface area contributed by atoms with Gasteiger partial charge in [0.25, 0.3) is 0 Å². The number of ether oxygens (including phenoxy) is 1. The van der Waals surface area contributed by atoms with Crippen molar-refractivity contribution in [1.29, 1.82) is 0 Å². The number of aryl methyl sites for hydroxylation is 1. The van der Waals surface area contributed by atoms with E-state index >= 15 is 0 Å². The number of rotatable bonds is 6. The number of nitrogens with one attached hydrogen (secondary N) is 1.